The summed E-state index contributed by atoms with van der Waals surface area (Å²) in [6.45, 7) is 13.9. The summed E-state index contributed by atoms with van der Waals surface area (Å²) in [7, 11) is 0. The summed E-state index contributed by atoms with van der Waals surface area (Å²) < 4.78 is 6.24. The SMILES string of the molecule is CCCC(CNC(C)C)Oc1cc(C)cc(C)c1C. The summed E-state index contributed by atoms with van der Waals surface area (Å²) in [5.41, 5.74) is 3.84. The first-order chi connectivity index (χ1) is 8.93. The third-order valence-corrected chi connectivity index (χ3v) is 3.42. The van der Waals surface area contributed by atoms with Crippen molar-refractivity contribution in [3.8, 4) is 5.75 Å². The summed E-state index contributed by atoms with van der Waals surface area (Å²) in [4.78, 5) is 0. The molecule has 0 heterocycles. The van der Waals surface area contributed by atoms with Crippen molar-refractivity contribution in [2.24, 2.45) is 0 Å². The monoisotopic (exact) mass is 263 g/mol. The van der Waals surface area contributed by atoms with Crippen LogP contribution in [0.15, 0.2) is 12.1 Å². The van der Waals surface area contributed by atoms with Crippen molar-refractivity contribution in [1.29, 1.82) is 0 Å². The minimum atomic E-state index is 0.257. The maximum Gasteiger partial charge on any atom is 0.123 e. The van der Waals surface area contributed by atoms with Gasteiger partial charge in [0.05, 0.1) is 0 Å². The van der Waals surface area contributed by atoms with E-state index in [0.29, 0.717) is 6.04 Å². The minimum Gasteiger partial charge on any atom is -0.489 e. The number of rotatable bonds is 7. The molecule has 1 N–H and O–H groups in total. The van der Waals surface area contributed by atoms with E-state index < -0.39 is 0 Å². The number of ether oxygens (including phenoxy) is 1. The normalized spacial score (nSPS) is 12.8. The van der Waals surface area contributed by atoms with Crippen molar-refractivity contribution in [2.75, 3.05) is 6.54 Å². The van der Waals surface area contributed by atoms with Gasteiger partial charge in [0, 0.05) is 12.6 Å². The predicted octanol–water partition coefficient (Wildman–Crippen LogP) is 4.16. The molecule has 0 aromatic heterocycles. The third kappa shape index (κ3) is 5.23. The molecule has 0 bridgehead atoms. The van der Waals surface area contributed by atoms with Crippen LogP contribution in [0, 0.1) is 20.8 Å². The molecule has 0 aliphatic heterocycles. The lowest BCUT2D eigenvalue weighted by atomic mass is 10.1. The number of hydrogen-bond donors (Lipinski definition) is 1. The molecule has 0 amide bonds. The zero-order chi connectivity index (χ0) is 14.4. The largest absolute Gasteiger partial charge is 0.489 e. The van der Waals surface area contributed by atoms with Gasteiger partial charge >= 0.3 is 0 Å². The second-order valence-electron chi connectivity index (χ2n) is 5.80. The summed E-state index contributed by atoms with van der Waals surface area (Å²) >= 11 is 0. The molecule has 0 radical (unpaired) electrons. The zero-order valence-corrected chi connectivity index (χ0v) is 13.3. The Hall–Kier alpha value is -1.02. The Morgan fingerprint density at radius 3 is 2.42 bits per heavy atom. The summed E-state index contributed by atoms with van der Waals surface area (Å²) in [6, 6.07) is 4.87. The Kier molecular flexibility index (Phi) is 6.36. The van der Waals surface area contributed by atoms with Crippen LogP contribution < -0.4 is 10.1 Å². The van der Waals surface area contributed by atoms with Crippen LogP contribution in [0.5, 0.6) is 5.75 Å². The van der Waals surface area contributed by atoms with Gasteiger partial charge in [-0.2, -0.15) is 0 Å². The van der Waals surface area contributed by atoms with E-state index >= 15 is 0 Å². The molecule has 0 aliphatic rings. The van der Waals surface area contributed by atoms with E-state index in [1.165, 1.54) is 16.7 Å². The lowest BCUT2D eigenvalue weighted by Crippen LogP contribution is -2.35. The molecule has 0 aliphatic carbocycles. The maximum absolute atomic E-state index is 6.24. The Labute approximate surface area is 118 Å². The second kappa shape index (κ2) is 7.54. The Morgan fingerprint density at radius 2 is 1.84 bits per heavy atom. The molecule has 19 heavy (non-hydrogen) atoms. The van der Waals surface area contributed by atoms with Crippen LogP contribution in [0.25, 0.3) is 0 Å². The van der Waals surface area contributed by atoms with E-state index in [1.807, 2.05) is 0 Å². The fourth-order valence-corrected chi connectivity index (χ4v) is 2.19. The topological polar surface area (TPSA) is 21.3 Å². The highest BCUT2D eigenvalue weighted by Gasteiger charge is 2.12. The molecule has 2 heteroatoms. The smallest absolute Gasteiger partial charge is 0.123 e. The molecule has 1 aromatic rings. The summed E-state index contributed by atoms with van der Waals surface area (Å²) in [6.07, 6.45) is 2.49. The fraction of sp³-hybridized carbons (Fsp3) is 0.647. The molecule has 1 atom stereocenters. The van der Waals surface area contributed by atoms with Crippen LogP contribution in [0.4, 0.5) is 0 Å². The predicted molar refractivity (Wildman–Crippen MR) is 83.1 cm³/mol. The highest BCUT2D eigenvalue weighted by atomic mass is 16.5. The van der Waals surface area contributed by atoms with E-state index in [2.05, 4.69) is 59.0 Å². The van der Waals surface area contributed by atoms with Crippen LogP contribution in [0.3, 0.4) is 0 Å². The lowest BCUT2D eigenvalue weighted by molar-refractivity contribution is 0.182. The van der Waals surface area contributed by atoms with Crippen LogP contribution in [-0.4, -0.2) is 18.7 Å². The molecule has 2 nitrogen and oxygen atoms in total. The molecule has 1 unspecified atom stereocenters. The molecular weight excluding hydrogens is 234 g/mol. The molecular formula is C17H29NO. The fourth-order valence-electron chi connectivity index (χ4n) is 2.19. The van der Waals surface area contributed by atoms with Crippen molar-refractivity contribution in [1.82, 2.24) is 5.32 Å². The van der Waals surface area contributed by atoms with Gasteiger partial charge in [0.2, 0.25) is 0 Å². The average Bonchev–Trinajstić information content (AvgIpc) is 2.32. The van der Waals surface area contributed by atoms with Crippen molar-refractivity contribution in [3.05, 3.63) is 28.8 Å². The highest BCUT2D eigenvalue weighted by Crippen LogP contribution is 2.25. The van der Waals surface area contributed by atoms with Gasteiger partial charge in [0.1, 0.15) is 11.9 Å². The number of benzene rings is 1. The summed E-state index contributed by atoms with van der Waals surface area (Å²) in [5.74, 6) is 1.04. The standard InChI is InChI=1S/C17H29NO/c1-7-8-16(11-18-12(2)3)19-17-10-13(4)9-14(5)15(17)6/h9-10,12,16,18H,7-8,11H2,1-6H3. The maximum atomic E-state index is 6.24. The zero-order valence-electron chi connectivity index (χ0n) is 13.3. The van der Waals surface area contributed by atoms with Crippen LogP contribution in [0.1, 0.15) is 50.3 Å². The Balaban J connectivity index is 2.78. The van der Waals surface area contributed by atoms with Crippen LogP contribution in [-0.2, 0) is 0 Å². The van der Waals surface area contributed by atoms with E-state index in [0.717, 1.165) is 25.1 Å². The average molecular weight is 263 g/mol. The number of hydrogen-bond acceptors (Lipinski definition) is 2. The number of aryl methyl sites for hydroxylation is 2. The molecule has 0 saturated carbocycles. The van der Waals surface area contributed by atoms with Gasteiger partial charge in [-0.15, -0.1) is 0 Å². The molecule has 1 rings (SSSR count). The second-order valence-corrected chi connectivity index (χ2v) is 5.80. The van der Waals surface area contributed by atoms with Crippen molar-refractivity contribution in [3.63, 3.8) is 0 Å². The first-order valence-corrected chi connectivity index (χ1v) is 7.42. The van der Waals surface area contributed by atoms with Gasteiger partial charge in [-0.3, -0.25) is 0 Å². The third-order valence-electron chi connectivity index (χ3n) is 3.42. The molecule has 1 aromatic carbocycles. The molecule has 0 fully saturated rings. The molecule has 0 saturated heterocycles. The Bertz CT molecular complexity index is 398. The summed E-state index contributed by atoms with van der Waals surface area (Å²) in [5, 5.41) is 3.47. The van der Waals surface area contributed by atoms with Gasteiger partial charge < -0.3 is 10.1 Å². The van der Waals surface area contributed by atoms with Gasteiger partial charge in [0.15, 0.2) is 0 Å². The first-order valence-electron chi connectivity index (χ1n) is 7.42. The van der Waals surface area contributed by atoms with Gasteiger partial charge in [-0.05, 0) is 49.9 Å². The van der Waals surface area contributed by atoms with E-state index in [-0.39, 0.29) is 6.10 Å². The molecule has 108 valence electrons. The van der Waals surface area contributed by atoms with E-state index in [9.17, 15) is 0 Å². The van der Waals surface area contributed by atoms with Crippen LogP contribution in [0.2, 0.25) is 0 Å². The first kappa shape index (κ1) is 16.0. The van der Waals surface area contributed by atoms with E-state index in [4.69, 9.17) is 4.74 Å². The van der Waals surface area contributed by atoms with E-state index in [1.54, 1.807) is 0 Å². The lowest BCUT2D eigenvalue weighted by Gasteiger charge is -2.22. The van der Waals surface area contributed by atoms with Crippen molar-refractivity contribution < 1.29 is 4.74 Å². The van der Waals surface area contributed by atoms with Crippen molar-refractivity contribution in [2.45, 2.75) is 66.5 Å². The molecule has 0 spiro atoms. The quantitative estimate of drug-likeness (QED) is 0.797. The van der Waals surface area contributed by atoms with Crippen LogP contribution >= 0.6 is 0 Å². The minimum absolute atomic E-state index is 0.257. The van der Waals surface area contributed by atoms with Crippen molar-refractivity contribution >= 4 is 0 Å². The Morgan fingerprint density at radius 1 is 1.16 bits per heavy atom. The van der Waals surface area contributed by atoms with Gasteiger partial charge in [0.25, 0.3) is 0 Å². The highest BCUT2D eigenvalue weighted by molar-refractivity contribution is 5.42. The van der Waals surface area contributed by atoms with Gasteiger partial charge in [-0.25, -0.2) is 0 Å². The van der Waals surface area contributed by atoms with Gasteiger partial charge in [-0.1, -0.05) is 33.3 Å². The number of nitrogens with one attached hydrogen (secondary N) is 1.